The molecule has 8 N–H and O–H groups in total. The van der Waals surface area contributed by atoms with Gasteiger partial charge in [-0.1, -0.05) is 30.3 Å². The number of hydrogen-bond donors (Lipinski definition) is 8. The van der Waals surface area contributed by atoms with Crippen molar-refractivity contribution in [1.29, 1.82) is 0 Å². The van der Waals surface area contributed by atoms with Crippen molar-refractivity contribution in [3.63, 3.8) is 0 Å². The molecule has 4 unspecified atom stereocenters. The minimum atomic E-state index is -1.38. The molecule has 12 nitrogen and oxygen atoms in total. The highest BCUT2D eigenvalue weighted by Crippen LogP contribution is 2.04. The third-order valence-corrected chi connectivity index (χ3v) is 5.22. The molecule has 3 amide bonds. The summed E-state index contributed by atoms with van der Waals surface area (Å²) in [6, 6.07) is 4.18. The first-order valence-electron chi connectivity index (χ1n) is 10.4. The van der Waals surface area contributed by atoms with Gasteiger partial charge in [0.25, 0.3) is 0 Å². The van der Waals surface area contributed by atoms with Crippen LogP contribution >= 0.6 is 12.6 Å². The summed E-state index contributed by atoms with van der Waals surface area (Å²) in [7, 11) is 0. The Morgan fingerprint density at radius 1 is 0.971 bits per heavy atom. The molecule has 0 spiro atoms. The summed E-state index contributed by atoms with van der Waals surface area (Å²) >= 11 is 3.91. The van der Waals surface area contributed by atoms with Crippen molar-refractivity contribution in [2.24, 2.45) is 5.73 Å². The van der Waals surface area contributed by atoms with Gasteiger partial charge in [0, 0.05) is 24.1 Å². The number of rotatable bonds is 13. The third kappa shape index (κ3) is 8.17. The number of nitrogens with two attached hydrogens (primary N) is 1. The molecule has 2 rings (SSSR count). The number of thiol groups is 1. The monoisotopic (exact) mass is 492 g/mol. The minimum Gasteiger partial charge on any atom is -0.480 e. The number of carbonyl (C=O) groups excluding carboxylic acids is 3. The number of nitrogens with one attached hydrogen (secondary N) is 4. The van der Waals surface area contributed by atoms with Crippen LogP contribution in [0.25, 0.3) is 0 Å². The fraction of sp³-hybridized carbons (Fsp3) is 0.381. The van der Waals surface area contributed by atoms with E-state index in [2.05, 4.69) is 38.5 Å². The topological polar surface area (TPSA) is 200 Å². The van der Waals surface area contributed by atoms with Crippen molar-refractivity contribution in [2.45, 2.75) is 37.0 Å². The van der Waals surface area contributed by atoms with Crippen LogP contribution < -0.4 is 21.7 Å². The molecule has 0 bridgehead atoms. The number of H-pyrrole nitrogens is 1. The molecule has 4 atom stereocenters. The molecule has 0 aliphatic rings. The lowest BCUT2D eigenvalue weighted by Crippen LogP contribution is -2.58. The van der Waals surface area contributed by atoms with E-state index in [1.54, 1.807) is 24.3 Å². The van der Waals surface area contributed by atoms with E-state index >= 15 is 0 Å². The molecule has 0 saturated heterocycles. The van der Waals surface area contributed by atoms with Gasteiger partial charge in [-0.2, -0.15) is 12.6 Å². The van der Waals surface area contributed by atoms with Gasteiger partial charge >= 0.3 is 5.97 Å². The number of amides is 3. The van der Waals surface area contributed by atoms with E-state index in [1.165, 1.54) is 12.5 Å². The number of imidazole rings is 1. The molecule has 2 aromatic rings. The Morgan fingerprint density at radius 2 is 1.59 bits per heavy atom. The first kappa shape index (κ1) is 26.8. The Balaban J connectivity index is 2.05. The molecular weight excluding hydrogens is 464 g/mol. The fourth-order valence-corrected chi connectivity index (χ4v) is 3.24. The number of aliphatic hydroxyl groups is 1. The summed E-state index contributed by atoms with van der Waals surface area (Å²) in [6.07, 6.45) is 2.99. The molecule has 0 aliphatic carbocycles. The highest BCUT2D eigenvalue weighted by Gasteiger charge is 2.30. The second-order valence-corrected chi connectivity index (χ2v) is 7.83. The van der Waals surface area contributed by atoms with E-state index in [4.69, 9.17) is 10.8 Å². The van der Waals surface area contributed by atoms with Crippen LogP contribution in [0.3, 0.4) is 0 Å². The average molecular weight is 493 g/mol. The number of aromatic amines is 1. The molecule has 1 heterocycles. The summed E-state index contributed by atoms with van der Waals surface area (Å²) in [4.78, 5) is 55.8. The summed E-state index contributed by atoms with van der Waals surface area (Å²) in [5.41, 5.74) is 7.24. The van der Waals surface area contributed by atoms with Gasteiger partial charge in [-0.3, -0.25) is 14.4 Å². The van der Waals surface area contributed by atoms with E-state index in [-0.39, 0.29) is 18.6 Å². The van der Waals surface area contributed by atoms with E-state index in [9.17, 15) is 24.3 Å². The number of nitrogens with zero attached hydrogens (tertiary/aromatic N) is 1. The Hall–Kier alpha value is -3.42. The van der Waals surface area contributed by atoms with Gasteiger partial charge in [0.05, 0.1) is 19.0 Å². The van der Waals surface area contributed by atoms with Gasteiger partial charge < -0.3 is 36.9 Å². The van der Waals surface area contributed by atoms with Gasteiger partial charge in [-0.25, -0.2) is 9.78 Å². The van der Waals surface area contributed by atoms with Crippen molar-refractivity contribution >= 4 is 36.3 Å². The van der Waals surface area contributed by atoms with Crippen molar-refractivity contribution in [3.05, 3.63) is 54.1 Å². The van der Waals surface area contributed by atoms with Crippen molar-refractivity contribution in [1.82, 2.24) is 25.9 Å². The summed E-state index contributed by atoms with van der Waals surface area (Å²) in [5, 5.41) is 25.9. The Bertz CT molecular complexity index is 958. The molecular formula is C21H28N6O6S. The lowest BCUT2D eigenvalue weighted by atomic mass is 10.1. The molecule has 34 heavy (non-hydrogen) atoms. The van der Waals surface area contributed by atoms with E-state index in [1.807, 2.05) is 6.07 Å². The Kier molecular flexibility index (Phi) is 10.5. The van der Waals surface area contributed by atoms with Gasteiger partial charge in [0.15, 0.2) is 0 Å². The van der Waals surface area contributed by atoms with E-state index in [0.717, 1.165) is 5.56 Å². The number of aliphatic hydroxyl groups excluding tert-OH is 1. The molecule has 13 heteroatoms. The first-order valence-corrected chi connectivity index (χ1v) is 11.0. The maximum atomic E-state index is 12.8. The van der Waals surface area contributed by atoms with Crippen molar-refractivity contribution in [2.75, 3.05) is 12.4 Å². The SMILES string of the molecule is NC(Cc1ccccc1)C(=O)NC(CO)C(=O)NC(Cc1cnc[nH]1)C(=O)NC(CS)C(=O)O. The predicted molar refractivity (Wildman–Crippen MR) is 125 cm³/mol. The lowest BCUT2D eigenvalue weighted by Gasteiger charge is -2.24. The van der Waals surface area contributed by atoms with Crippen LogP contribution in [0, 0.1) is 0 Å². The van der Waals surface area contributed by atoms with Crippen LogP contribution in [-0.2, 0) is 32.0 Å². The Morgan fingerprint density at radius 3 is 2.15 bits per heavy atom. The number of carboxylic acid groups (broad SMARTS) is 1. The largest absolute Gasteiger partial charge is 0.480 e. The highest BCUT2D eigenvalue weighted by molar-refractivity contribution is 7.80. The molecule has 184 valence electrons. The highest BCUT2D eigenvalue weighted by atomic mass is 32.1. The number of hydrogen-bond acceptors (Lipinski definition) is 8. The fourth-order valence-electron chi connectivity index (χ4n) is 2.99. The van der Waals surface area contributed by atoms with Crippen LogP contribution in [0.5, 0.6) is 0 Å². The predicted octanol–water partition coefficient (Wildman–Crippen LogP) is -2.02. The molecule has 0 aliphatic heterocycles. The molecule has 1 aromatic heterocycles. The van der Waals surface area contributed by atoms with Crippen LogP contribution in [-0.4, -0.2) is 80.4 Å². The molecule has 1 aromatic carbocycles. The number of aliphatic carboxylic acids is 1. The van der Waals surface area contributed by atoms with Gasteiger partial charge in [-0.15, -0.1) is 0 Å². The maximum absolute atomic E-state index is 12.8. The zero-order valence-corrected chi connectivity index (χ0v) is 19.1. The number of carbonyl (C=O) groups is 4. The van der Waals surface area contributed by atoms with Gasteiger partial charge in [0.2, 0.25) is 17.7 Å². The maximum Gasteiger partial charge on any atom is 0.327 e. The quantitative estimate of drug-likeness (QED) is 0.146. The number of aromatic nitrogens is 2. The standard InChI is InChI=1S/C21H28N6O6S/c22-14(6-12-4-2-1-3-5-12)18(29)26-16(9-28)20(31)25-15(7-13-8-23-11-24-13)19(30)27-17(10-34)21(32)33/h1-5,8,11,14-17,28,34H,6-7,9-10,22H2,(H,23,24)(H,25,31)(H,26,29)(H,27,30)(H,32,33). The summed E-state index contributed by atoms with van der Waals surface area (Å²) in [5.74, 6) is -3.75. The molecule has 0 saturated carbocycles. The van der Waals surface area contributed by atoms with Crippen LogP contribution in [0.2, 0.25) is 0 Å². The van der Waals surface area contributed by atoms with Crippen LogP contribution in [0.4, 0.5) is 0 Å². The molecule has 0 radical (unpaired) electrons. The second kappa shape index (κ2) is 13.3. The first-order chi connectivity index (χ1) is 16.2. The average Bonchev–Trinajstić information content (AvgIpc) is 3.33. The van der Waals surface area contributed by atoms with Crippen LogP contribution in [0.1, 0.15) is 11.3 Å². The second-order valence-electron chi connectivity index (χ2n) is 7.46. The summed E-state index contributed by atoms with van der Waals surface area (Å²) in [6.45, 7) is -0.748. The van der Waals surface area contributed by atoms with Gasteiger partial charge in [0.1, 0.15) is 18.1 Å². The third-order valence-electron chi connectivity index (χ3n) is 4.86. The summed E-state index contributed by atoms with van der Waals surface area (Å²) < 4.78 is 0. The minimum absolute atomic E-state index is 0.0455. The number of carboxylic acids is 1. The zero-order valence-electron chi connectivity index (χ0n) is 18.2. The number of benzene rings is 1. The smallest absolute Gasteiger partial charge is 0.327 e. The zero-order chi connectivity index (χ0) is 25.1. The van der Waals surface area contributed by atoms with E-state index < -0.39 is 54.5 Å². The normalized spacial score (nSPS) is 14.3. The van der Waals surface area contributed by atoms with E-state index in [0.29, 0.717) is 5.69 Å². The van der Waals surface area contributed by atoms with Crippen molar-refractivity contribution < 1.29 is 29.4 Å². The van der Waals surface area contributed by atoms with Crippen molar-refractivity contribution in [3.8, 4) is 0 Å². The van der Waals surface area contributed by atoms with Gasteiger partial charge in [-0.05, 0) is 12.0 Å². The Labute approximate surface area is 201 Å². The molecule has 0 fully saturated rings. The lowest BCUT2D eigenvalue weighted by molar-refractivity contribution is -0.141. The van der Waals surface area contributed by atoms with Crippen LogP contribution in [0.15, 0.2) is 42.9 Å².